The van der Waals surface area contributed by atoms with Crippen molar-refractivity contribution in [2.24, 2.45) is 0 Å². The molecule has 0 unspecified atom stereocenters. The van der Waals surface area contributed by atoms with Gasteiger partial charge in [0.25, 0.3) is 0 Å². The van der Waals surface area contributed by atoms with Crippen LogP contribution in [0.2, 0.25) is 0 Å². The number of carbonyl (C=O) groups is 2. The fraction of sp³-hybridized carbons (Fsp3) is 0.167. The Morgan fingerprint density at radius 3 is 2.50 bits per heavy atom. The fourth-order valence-corrected chi connectivity index (χ4v) is 1.17. The number of urea groups is 1. The molecule has 0 saturated heterocycles. The molecule has 4 nitrogen and oxygen atoms in total. The van der Waals surface area contributed by atoms with Crippen molar-refractivity contribution >= 4 is 17.5 Å². The van der Waals surface area contributed by atoms with E-state index >= 15 is 0 Å². The first-order valence-electron chi connectivity index (χ1n) is 4.83. The maximum absolute atomic E-state index is 11.3. The summed E-state index contributed by atoms with van der Waals surface area (Å²) in [6, 6.07) is 6.38. The van der Waals surface area contributed by atoms with Crippen molar-refractivity contribution in [2.45, 2.75) is 13.8 Å². The summed E-state index contributed by atoms with van der Waals surface area (Å²) < 4.78 is 0. The molecule has 0 fully saturated rings. The lowest BCUT2D eigenvalue weighted by atomic mass is 10.1. The molecule has 0 saturated carbocycles. The predicted octanol–water partition coefficient (Wildman–Crippen LogP) is 2.54. The van der Waals surface area contributed by atoms with Gasteiger partial charge in [0.2, 0.25) is 0 Å². The highest BCUT2D eigenvalue weighted by Crippen LogP contribution is 2.10. The zero-order chi connectivity index (χ0) is 12.1. The Bertz CT molecular complexity index is 438. The van der Waals surface area contributed by atoms with Crippen LogP contribution in [0, 0.1) is 0 Å². The molecular weight excluding hydrogens is 204 g/mol. The molecule has 0 aliphatic heterocycles. The van der Waals surface area contributed by atoms with Gasteiger partial charge in [-0.3, -0.25) is 4.79 Å². The SMILES string of the molecule is C=C(C)NC(=O)Nc1cccc(C(C)=O)c1. The number of amides is 2. The molecule has 4 heteroatoms. The van der Waals surface area contributed by atoms with E-state index in [1.807, 2.05) is 0 Å². The number of nitrogens with one attached hydrogen (secondary N) is 2. The monoisotopic (exact) mass is 218 g/mol. The van der Waals surface area contributed by atoms with Crippen LogP contribution in [-0.4, -0.2) is 11.8 Å². The second-order valence-electron chi connectivity index (χ2n) is 3.50. The molecule has 0 spiro atoms. The van der Waals surface area contributed by atoms with Crippen molar-refractivity contribution < 1.29 is 9.59 Å². The van der Waals surface area contributed by atoms with Gasteiger partial charge in [0, 0.05) is 16.9 Å². The third kappa shape index (κ3) is 3.57. The lowest BCUT2D eigenvalue weighted by Gasteiger charge is -2.07. The molecular formula is C12H14N2O2. The van der Waals surface area contributed by atoms with Crippen LogP contribution >= 0.6 is 0 Å². The van der Waals surface area contributed by atoms with E-state index in [2.05, 4.69) is 17.2 Å². The van der Waals surface area contributed by atoms with Crippen molar-refractivity contribution in [2.75, 3.05) is 5.32 Å². The number of benzene rings is 1. The minimum Gasteiger partial charge on any atom is -0.312 e. The summed E-state index contributed by atoms with van der Waals surface area (Å²) in [5, 5.41) is 5.12. The number of carbonyl (C=O) groups excluding carboxylic acids is 2. The van der Waals surface area contributed by atoms with Gasteiger partial charge in [0.15, 0.2) is 5.78 Å². The summed E-state index contributed by atoms with van der Waals surface area (Å²) in [7, 11) is 0. The van der Waals surface area contributed by atoms with Crippen LogP contribution < -0.4 is 10.6 Å². The number of rotatable bonds is 3. The number of allylic oxidation sites excluding steroid dienone is 1. The minimum atomic E-state index is -0.367. The molecule has 0 atom stereocenters. The number of hydrogen-bond acceptors (Lipinski definition) is 2. The van der Waals surface area contributed by atoms with Crippen molar-refractivity contribution in [3.8, 4) is 0 Å². The summed E-state index contributed by atoms with van der Waals surface area (Å²) >= 11 is 0. The number of Topliss-reactive ketones (excluding diaryl/α,β-unsaturated/α-hetero) is 1. The van der Waals surface area contributed by atoms with Crippen molar-refractivity contribution in [1.29, 1.82) is 0 Å². The molecule has 0 aliphatic carbocycles. The predicted molar refractivity (Wildman–Crippen MR) is 63.4 cm³/mol. The van der Waals surface area contributed by atoms with E-state index in [1.165, 1.54) is 6.92 Å². The topological polar surface area (TPSA) is 58.2 Å². The molecule has 2 N–H and O–H groups in total. The van der Waals surface area contributed by atoms with Gasteiger partial charge in [-0.25, -0.2) is 4.79 Å². The number of hydrogen-bond donors (Lipinski definition) is 2. The quantitative estimate of drug-likeness (QED) is 0.766. The van der Waals surface area contributed by atoms with Gasteiger partial charge < -0.3 is 10.6 Å². The van der Waals surface area contributed by atoms with E-state index in [1.54, 1.807) is 31.2 Å². The Morgan fingerprint density at radius 1 is 1.25 bits per heavy atom. The lowest BCUT2D eigenvalue weighted by Crippen LogP contribution is -2.26. The molecule has 0 aromatic heterocycles. The summed E-state index contributed by atoms with van der Waals surface area (Å²) in [5.41, 5.74) is 1.69. The van der Waals surface area contributed by atoms with E-state index in [-0.39, 0.29) is 11.8 Å². The summed E-state index contributed by atoms with van der Waals surface area (Å²) in [5.74, 6) is -0.0380. The molecule has 2 amide bonds. The third-order valence-electron chi connectivity index (χ3n) is 1.85. The van der Waals surface area contributed by atoms with Gasteiger partial charge in [-0.2, -0.15) is 0 Å². The van der Waals surface area contributed by atoms with E-state index in [9.17, 15) is 9.59 Å². The van der Waals surface area contributed by atoms with Gasteiger partial charge in [-0.15, -0.1) is 0 Å². The second-order valence-corrected chi connectivity index (χ2v) is 3.50. The van der Waals surface area contributed by atoms with E-state index in [4.69, 9.17) is 0 Å². The van der Waals surface area contributed by atoms with Gasteiger partial charge in [0.1, 0.15) is 0 Å². The maximum atomic E-state index is 11.3. The van der Waals surface area contributed by atoms with E-state index < -0.39 is 0 Å². The van der Waals surface area contributed by atoms with Gasteiger partial charge in [-0.05, 0) is 26.0 Å². The van der Waals surface area contributed by atoms with Crippen LogP contribution in [0.1, 0.15) is 24.2 Å². The molecule has 0 bridgehead atoms. The van der Waals surface area contributed by atoms with E-state index in [0.717, 1.165) is 0 Å². The van der Waals surface area contributed by atoms with Gasteiger partial charge >= 0.3 is 6.03 Å². The Hall–Kier alpha value is -2.10. The lowest BCUT2D eigenvalue weighted by molar-refractivity contribution is 0.101. The molecule has 16 heavy (non-hydrogen) atoms. The minimum absolute atomic E-state index is 0.0380. The zero-order valence-corrected chi connectivity index (χ0v) is 9.33. The highest BCUT2D eigenvalue weighted by Gasteiger charge is 2.03. The van der Waals surface area contributed by atoms with Crippen molar-refractivity contribution in [3.05, 3.63) is 42.1 Å². The van der Waals surface area contributed by atoms with Crippen molar-refractivity contribution in [3.63, 3.8) is 0 Å². The zero-order valence-electron chi connectivity index (χ0n) is 9.33. The summed E-state index contributed by atoms with van der Waals surface area (Å²) in [6.45, 7) is 6.72. The molecule has 84 valence electrons. The largest absolute Gasteiger partial charge is 0.323 e. The molecule has 0 radical (unpaired) electrons. The highest BCUT2D eigenvalue weighted by molar-refractivity contribution is 5.96. The third-order valence-corrected chi connectivity index (χ3v) is 1.85. The first-order chi connectivity index (χ1) is 7.49. The first kappa shape index (κ1) is 12.0. The Kier molecular flexibility index (Phi) is 3.83. The van der Waals surface area contributed by atoms with Crippen molar-refractivity contribution in [1.82, 2.24) is 5.32 Å². The number of anilines is 1. The maximum Gasteiger partial charge on any atom is 0.323 e. The average molecular weight is 218 g/mol. The van der Waals surface area contributed by atoms with Gasteiger partial charge in [0.05, 0.1) is 0 Å². The standard InChI is InChI=1S/C12H14N2O2/c1-8(2)13-12(16)14-11-6-4-5-10(7-11)9(3)15/h4-7H,1H2,2-3H3,(H2,13,14,16). The first-order valence-corrected chi connectivity index (χ1v) is 4.83. The van der Waals surface area contributed by atoms with Gasteiger partial charge in [-0.1, -0.05) is 18.7 Å². The molecule has 0 aliphatic rings. The Labute approximate surface area is 94.4 Å². The Morgan fingerprint density at radius 2 is 1.94 bits per heavy atom. The van der Waals surface area contributed by atoms with Crippen LogP contribution in [0.3, 0.4) is 0 Å². The van der Waals surface area contributed by atoms with Crippen LogP contribution in [0.25, 0.3) is 0 Å². The fourth-order valence-electron chi connectivity index (χ4n) is 1.17. The summed E-state index contributed by atoms with van der Waals surface area (Å²) in [4.78, 5) is 22.5. The van der Waals surface area contributed by atoms with Crippen LogP contribution in [0.15, 0.2) is 36.5 Å². The number of ketones is 1. The van der Waals surface area contributed by atoms with Crippen LogP contribution in [0.5, 0.6) is 0 Å². The smallest absolute Gasteiger partial charge is 0.312 e. The van der Waals surface area contributed by atoms with Crippen LogP contribution in [0.4, 0.5) is 10.5 Å². The molecule has 1 rings (SSSR count). The molecule has 0 heterocycles. The van der Waals surface area contributed by atoms with Crippen LogP contribution in [-0.2, 0) is 0 Å². The van der Waals surface area contributed by atoms with E-state index in [0.29, 0.717) is 16.9 Å². The second kappa shape index (κ2) is 5.11. The Balaban J connectivity index is 2.74. The molecule has 1 aromatic carbocycles. The summed E-state index contributed by atoms with van der Waals surface area (Å²) in [6.07, 6.45) is 0. The molecule has 1 aromatic rings. The average Bonchev–Trinajstić information content (AvgIpc) is 2.16. The highest BCUT2D eigenvalue weighted by atomic mass is 16.2. The normalized spacial score (nSPS) is 9.38.